The van der Waals surface area contributed by atoms with Gasteiger partial charge in [-0.3, -0.25) is 18.8 Å². The lowest BCUT2D eigenvalue weighted by atomic mass is 10.3. The molecule has 0 unspecified atom stereocenters. The third-order valence-electron chi connectivity index (χ3n) is 4.08. The van der Waals surface area contributed by atoms with Gasteiger partial charge in [0.25, 0.3) is 5.56 Å². The van der Waals surface area contributed by atoms with Gasteiger partial charge in [-0.05, 0) is 0 Å². The van der Waals surface area contributed by atoms with Gasteiger partial charge in [0.1, 0.15) is 0 Å². The molecule has 130 valence electrons. The number of hydrogen-bond donors (Lipinski definition) is 1. The molecule has 3 rings (SSSR count). The van der Waals surface area contributed by atoms with Crippen LogP contribution in [0.4, 0.5) is 0 Å². The van der Waals surface area contributed by atoms with E-state index in [2.05, 4.69) is 15.2 Å². The zero-order chi connectivity index (χ0) is 15.0. The van der Waals surface area contributed by atoms with Crippen molar-refractivity contribution in [1.29, 1.82) is 0 Å². The summed E-state index contributed by atoms with van der Waals surface area (Å²) in [5.41, 5.74) is 0.309. The SMILES string of the molecule is Cl.Cl.Cn1c(=O)c2c(ncn2CCN2CCNCC2)n(C)c1=O. The normalized spacial score (nSPS) is 15.2. The van der Waals surface area contributed by atoms with Gasteiger partial charge in [-0.15, -0.1) is 24.8 Å². The Morgan fingerprint density at radius 1 is 1.09 bits per heavy atom. The third-order valence-corrected chi connectivity index (χ3v) is 4.08. The zero-order valence-electron chi connectivity index (χ0n) is 13.2. The average Bonchev–Trinajstić information content (AvgIpc) is 2.94. The predicted molar refractivity (Wildman–Crippen MR) is 94.0 cm³/mol. The lowest BCUT2D eigenvalue weighted by Crippen LogP contribution is -2.44. The van der Waals surface area contributed by atoms with E-state index >= 15 is 0 Å². The molecule has 0 radical (unpaired) electrons. The molecular weight excluding hydrogens is 343 g/mol. The highest BCUT2D eigenvalue weighted by Gasteiger charge is 2.15. The first-order chi connectivity index (χ1) is 10.1. The predicted octanol–water partition coefficient (Wildman–Crippen LogP) is -0.817. The summed E-state index contributed by atoms with van der Waals surface area (Å²) in [5, 5.41) is 3.32. The first-order valence-corrected chi connectivity index (χ1v) is 7.13. The monoisotopic (exact) mass is 364 g/mol. The smallest absolute Gasteiger partial charge is 0.323 e. The van der Waals surface area contributed by atoms with Crippen molar-refractivity contribution in [2.75, 3.05) is 32.7 Å². The van der Waals surface area contributed by atoms with Crippen LogP contribution >= 0.6 is 24.8 Å². The van der Waals surface area contributed by atoms with E-state index in [1.165, 1.54) is 11.6 Å². The lowest BCUT2D eigenvalue weighted by molar-refractivity contribution is 0.233. The number of aryl methyl sites for hydroxylation is 1. The molecule has 0 spiro atoms. The van der Waals surface area contributed by atoms with Gasteiger partial charge in [0.2, 0.25) is 0 Å². The molecule has 2 aromatic rings. The van der Waals surface area contributed by atoms with Gasteiger partial charge >= 0.3 is 5.69 Å². The maximum Gasteiger partial charge on any atom is 0.332 e. The Bertz CT molecular complexity index is 775. The zero-order valence-corrected chi connectivity index (χ0v) is 14.8. The summed E-state index contributed by atoms with van der Waals surface area (Å²) < 4.78 is 4.39. The molecule has 1 saturated heterocycles. The Balaban J connectivity index is 0.00000132. The molecule has 0 aromatic carbocycles. The molecule has 10 heteroatoms. The topological polar surface area (TPSA) is 77.1 Å². The summed E-state index contributed by atoms with van der Waals surface area (Å²) in [6.45, 7) is 5.61. The van der Waals surface area contributed by atoms with E-state index in [1.54, 1.807) is 13.4 Å². The highest BCUT2D eigenvalue weighted by molar-refractivity contribution is 5.85. The maximum atomic E-state index is 12.3. The van der Waals surface area contributed by atoms with Gasteiger partial charge in [-0.1, -0.05) is 0 Å². The Morgan fingerprint density at radius 3 is 2.39 bits per heavy atom. The van der Waals surface area contributed by atoms with Crippen molar-refractivity contribution in [2.24, 2.45) is 14.1 Å². The summed E-state index contributed by atoms with van der Waals surface area (Å²) in [6, 6.07) is 0. The van der Waals surface area contributed by atoms with Gasteiger partial charge < -0.3 is 9.88 Å². The fraction of sp³-hybridized carbons (Fsp3) is 0.615. The molecule has 1 aliphatic rings. The van der Waals surface area contributed by atoms with E-state index in [-0.39, 0.29) is 36.1 Å². The second-order valence-corrected chi connectivity index (χ2v) is 5.41. The van der Waals surface area contributed by atoms with Gasteiger partial charge in [-0.25, -0.2) is 9.78 Å². The second-order valence-electron chi connectivity index (χ2n) is 5.41. The van der Waals surface area contributed by atoms with E-state index in [4.69, 9.17) is 0 Å². The minimum Gasteiger partial charge on any atom is -0.323 e. The highest BCUT2D eigenvalue weighted by Crippen LogP contribution is 2.05. The number of imidazole rings is 1. The number of fused-ring (bicyclic) bond motifs is 1. The summed E-state index contributed by atoms with van der Waals surface area (Å²) in [4.78, 5) is 30.8. The second kappa shape index (κ2) is 7.96. The van der Waals surface area contributed by atoms with Gasteiger partial charge in [0.05, 0.1) is 6.33 Å². The molecule has 0 atom stereocenters. The minimum atomic E-state index is -0.347. The number of hydrogen-bond acceptors (Lipinski definition) is 5. The van der Waals surface area contributed by atoms with Gasteiger partial charge in [0, 0.05) is 53.4 Å². The standard InChI is InChI=1S/C13H20N6O2.2ClH/c1-16-11-10(12(20)17(2)13(16)21)19(9-15-11)8-7-18-5-3-14-4-6-18;;/h9,14H,3-8H2,1-2H3;2*1H. The minimum absolute atomic E-state index is 0. The quantitative estimate of drug-likeness (QED) is 0.770. The summed E-state index contributed by atoms with van der Waals surface area (Å²) in [6.07, 6.45) is 1.65. The molecule has 1 fully saturated rings. The number of rotatable bonds is 3. The number of piperazine rings is 1. The van der Waals surface area contributed by atoms with Crippen LogP contribution in [0.3, 0.4) is 0 Å². The van der Waals surface area contributed by atoms with Crippen LogP contribution in [0.5, 0.6) is 0 Å². The van der Waals surface area contributed by atoms with Crippen molar-refractivity contribution in [1.82, 2.24) is 28.9 Å². The van der Waals surface area contributed by atoms with Crippen LogP contribution in [0.15, 0.2) is 15.9 Å². The molecule has 23 heavy (non-hydrogen) atoms. The average molecular weight is 365 g/mol. The summed E-state index contributed by atoms with van der Waals surface area (Å²) >= 11 is 0. The van der Waals surface area contributed by atoms with Crippen molar-refractivity contribution < 1.29 is 0 Å². The number of nitrogens with one attached hydrogen (secondary N) is 1. The lowest BCUT2D eigenvalue weighted by Gasteiger charge is -2.27. The van der Waals surface area contributed by atoms with E-state index in [0.717, 1.165) is 37.3 Å². The molecule has 1 aliphatic heterocycles. The van der Waals surface area contributed by atoms with Gasteiger partial charge in [0.15, 0.2) is 11.2 Å². The molecule has 1 N–H and O–H groups in total. The first-order valence-electron chi connectivity index (χ1n) is 7.13. The third kappa shape index (κ3) is 3.60. The summed E-state index contributed by atoms with van der Waals surface area (Å²) in [5.74, 6) is 0. The van der Waals surface area contributed by atoms with Crippen LogP contribution in [0.25, 0.3) is 11.2 Å². The van der Waals surface area contributed by atoms with Gasteiger partial charge in [-0.2, -0.15) is 0 Å². The van der Waals surface area contributed by atoms with Crippen molar-refractivity contribution in [3.05, 3.63) is 27.2 Å². The molecule has 0 bridgehead atoms. The molecule has 0 amide bonds. The van der Waals surface area contributed by atoms with E-state index < -0.39 is 0 Å². The summed E-state index contributed by atoms with van der Waals surface area (Å²) in [7, 11) is 3.13. The van der Waals surface area contributed by atoms with Crippen molar-refractivity contribution in [3.8, 4) is 0 Å². The Labute approximate surface area is 145 Å². The first kappa shape index (κ1) is 19.7. The van der Waals surface area contributed by atoms with Crippen molar-refractivity contribution in [3.63, 3.8) is 0 Å². The van der Waals surface area contributed by atoms with Crippen LogP contribution in [0.1, 0.15) is 0 Å². The molecule has 2 aromatic heterocycles. The molecule has 0 aliphatic carbocycles. The Hall–Kier alpha value is -1.35. The number of nitrogens with zero attached hydrogens (tertiary/aromatic N) is 5. The van der Waals surface area contributed by atoms with Crippen LogP contribution in [-0.2, 0) is 20.6 Å². The van der Waals surface area contributed by atoms with Crippen LogP contribution in [-0.4, -0.2) is 56.3 Å². The highest BCUT2D eigenvalue weighted by atomic mass is 35.5. The Kier molecular flexibility index (Phi) is 6.82. The van der Waals surface area contributed by atoms with Crippen LogP contribution in [0, 0.1) is 0 Å². The molecule has 3 heterocycles. The largest absolute Gasteiger partial charge is 0.332 e. The molecule has 8 nitrogen and oxygen atoms in total. The fourth-order valence-corrected chi connectivity index (χ4v) is 2.75. The van der Waals surface area contributed by atoms with E-state index in [9.17, 15) is 9.59 Å². The fourth-order valence-electron chi connectivity index (χ4n) is 2.75. The number of halogens is 2. The van der Waals surface area contributed by atoms with Crippen LogP contribution in [0.2, 0.25) is 0 Å². The van der Waals surface area contributed by atoms with Crippen molar-refractivity contribution in [2.45, 2.75) is 6.54 Å². The maximum absolute atomic E-state index is 12.3. The molecule has 0 saturated carbocycles. The number of aromatic nitrogens is 4. The van der Waals surface area contributed by atoms with E-state index in [1.807, 2.05) is 4.57 Å². The van der Waals surface area contributed by atoms with E-state index in [0.29, 0.717) is 17.7 Å². The van der Waals surface area contributed by atoms with Crippen LogP contribution < -0.4 is 16.6 Å². The van der Waals surface area contributed by atoms with Crippen molar-refractivity contribution >= 4 is 36.0 Å². The Morgan fingerprint density at radius 2 is 1.74 bits per heavy atom. The molecular formula is C13H22Cl2N6O2.